The first-order chi connectivity index (χ1) is 20.4. The molecule has 1 aliphatic rings. The SMILES string of the molecule is Cc1ccc(-n2ncc(Oc3ccc4c(c3)OCO4)c(Nc3cccc(C(=O)NCc4ccc(F)cc4)c3)c2=O)cc1. The quantitative estimate of drug-likeness (QED) is 0.243. The predicted molar refractivity (Wildman–Crippen MR) is 155 cm³/mol. The number of aryl methyl sites for hydroxylation is 1. The normalized spacial score (nSPS) is 11.7. The van der Waals surface area contributed by atoms with Crippen molar-refractivity contribution < 1.29 is 23.4 Å². The minimum Gasteiger partial charge on any atom is -0.454 e. The number of halogens is 1. The number of amides is 1. The van der Waals surface area contributed by atoms with Crippen LogP contribution in [0.1, 0.15) is 21.5 Å². The fourth-order valence-electron chi connectivity index (χ4n) is 4.34. The Balaban J connectivity index is 1.30. The fraction of sp³-hybridized carbons (Fsp3) is 0.0938. The zero-order chi connectivity index (χ0) is 29.1. The van der Waals surface area contributed by atoms with Crippen LogP contribution in [-0.2, 0) is 6.54 Å². The van der Waals surface area contributed by atoms with Gasteiger partial charge >= 0.3 is 0 Å². The van der Waals surface area contributed by atoms with E-state index in [2.05, 4.69) is 15.7 Å². The summed E-state index contributed by atoms with van der Waals surface area (Å²) in [5.74, 6) is 1.05. The van der Waals surface area contributed by atoms with Crippen molar-refractivity contribution in [3.05, 3.63) is 130 Å². The third kappa shape index (κ3) is 5.78. The zero-order valence-electron chi connectivity index (χ0n) is 22.5. The van der Waals surface area contributed by atoms with Crippen molar-refractivity contribution in [2.45, 2.75) is 13.5 Å². The van der Waals surface area contributed by atoms with E-state index in [4.69, 9.17) is 14.2 Å². The van der Waals surface area contributed by atoms with Crippen LogP contribution in [0, 0.1) is 12.7 Å². The van der Waals surface area contributed by atoms with Gasteiger partial charge in [0.15, 0.2) is 22.9 Å². The molecule has 0 saturated heterocycles. The van der Waals surface area contributed by atoms with E-state index in [9.17, 15) is 14.0 Å². The largest absolute Gasteiger partial charge is 0.454 e. The number of hydrogen-bond acceptors (Lipinski definition) is 7. The molecule has 0 radical (unpaired) electrons. The molecule has 4 aromatic carbocycles. The van der Waals surface area contributed by atoms with E-state index in [1.165, 1.54) is 23.0 Å². The maximum atomic E-state index is 13.8. The number of anilines is 2. The molecule has 9 nitrogen and oxygen atoms in total. The van der Waals surface area contributed by atoms with Gasteiger partial charge in [-0.25, -0.2) is 4.39 Å². The van der Waals surface area contributed by atoms with Crippen LogP contribution in [-0.4, -0.2) is 22.5 Å². The van der Waals surface area contributed by atoms with Gasteiger partial charge in [0, 0.05) is 23.9 Å². The lowest BCUT2D eigenvalue weighted by atomic mass is 10.1. The van der Waals surface area contributed by atoms with Gasteiger partial charge < -0.3 is 24.8 Å². The highest BCUT2D eigenvalue weighted by Gasteiger charge is 2.19. The topological polar surface area (TPSA) is 104 Å². The van der Waals surface area contributed by atoms with E-state index in [1.54, 1.807) is 66.7 Å². The molecule has 0 spiro atoms. The van der Waals surface area contributed by atoms with Crippen LogP contribution in [0.2, 0.25) is 0 Å². The molecule has 0 bridgehead atoms. The summed E-state index contributed by atoms with van der Waals surface area (Å²) in [7, 11) is 0. The molecule has 1 aliphatic heterocycles. The molecule has 0 saturated carbocycles. The van der Waals surface area contributed by atoms with Crippen LogP contribution in [0.15, 0.2) is 102 Å². The Bertz CT molecular complexity index is 1820. The molecule has 42 heavy (non-hydrogen) atoms. The summed E-state index contributed by atoms with van der Waals surface area (Å²) >= 11 is 0. The molecule has 210 valence electrons. The van der Waals surface area contributed by atoms with Crippen LogP contribution < -0.4 is 30.4 Å². The molecule has 5 aromatic rings. The fourth-order valence-corrected chi connectivity index (χ4v) is 4.34. The number of carbonyl (C=O) groups excluding carboxylic acids is 1. The van der Waals surface area contributed by atoms with Crippen molar-refractivity contribution in [3.8, 4) is 28.7 Å². The van der Waals surface area contributed by atoms with Crippen LogP contribution in [0.3, 0.4) is 0 Å². The average molecular weight is 565 g/mol. The molecule has 0 fully saturated rings. The standard InChI is InChI=1S/C32H25FN4O5/c1-20-5-11-25(12-6-20)37-32(39)30(29(18-35-37)42-26-13-14-27-28(16-26)41-19-40-27)36-24-4-2-3-22(15-24)31(38)34-17-21-7-9-23(33)10-8-21/h2-16,18,36H,17,19H2,1H3,(H,34,38). The van der Waals surface area contributed by atoms with E-state index in [0.717, 1.165) is 11.1 Å². The molecule has 2 heterocycles. The van der Waals surface area contributed by atoms with Gasteiger partial charge in [-0.05, 0) is 67.1 Å². The van der Waals surface area contributed by atoms with Crippen molar-refractivity contribution in [3.63, 3.8) is 0 Å². The van der Waals surface area contributed by atoms with Crippen LogP contribution in [0.25, 0.3) is 5.69 Å². The highest BCUT2D eigenvalue weighted by Crippen LogP contribution is 2.37. The Morgan fingerprint density at radius 2 is 1.76 bits per heavy atom. The van der Waals surface area contributed by atoms with E-state index in [1.807, 2.05) is 19.1 Å². The van der Waals surface area contributed by atoms with Crippen molar-refractivity contribution >= 4 is 17.3 Å². The number of carbonyl (C=O) groups is 1. The minimum atomic E-state index is -0.455. The summed E-state index contributed by atoms with van der Waals surface area (Å²) in [5.41, 5.74) is 2.90. The van der Waals surface area contributed by atoms with Gasteiger partial charge in [-0.2, -0.15) is 9.78 Å². The summed E-state index contributed by atoms with van der Waals surface area (Å²) in [5, 5.41) is 10.3. The van der Waals surface area contributed by atoms with E-state index in [-0.39, 0.29) is 36.5 Å². The van der Waals surface area contributed by atoms with Gasteiger partial charge in [0.2, 0.25) is 6.79 Å². The smallest absolute Gasteiger partial charge is 0.299 e. The molecule has 0 atom stereocenters. The summed E-state index contributed by atoms with van der Waals surface area (Å²) in [6.07, 6.45) is 1.45. The molecule has 1 amide bonds. The lowest BCUT2D eigenvalue weighted by Gasteiger charge is -2.15. The molecular formula is C32H25FN4O5. The number of benzene rings is 4. The van der Waals surface area contributed by atoms with E-state index < -0.39 is 5.56 Å². The average Bonchev–Trinajstić information content (AvgIpc) is 3.47. The minimum absolute atomic E-state index is 0.118. The van der Waals surface area contributed by atoms with Gasteiger partial charge in [0.05, 0.1) is 11.9 Å². The Kier molecular flexibility index (Phi) is 7.25. The second-order valence-electron chi connectivity index (χ2n) is 9.57. The molecule has 0 aliphatic carbocycles. The van der Waals surface area contributed by atoms with Crippen molar-refractivity contribution in [1.29, 1.82) is 0 Å². The van der Waals surface area contributed by atoms with Gasteiger partial charge in [0.25, 0.3) is 11.5 Å². The second kappa shape index (κ2) is 11.5. The summed E-state index contributed by atoms with van der Waals surface area (Å²) in [4.78, 5) is 26.7. The van der Waals surface area contributed by atoms with Crippen LogP contribution >= 0.6 is 0 Å². The Morgan fingerprint density at radius 3 is 2.57 bits per heavy atom. The maximum Gasteiger partial charge on any atom is 0.299 e. The molecule has 2 N–H and O–H groups in total. The molecular weight excluding hydrogens is 539 g/mol. The number of fused-ring (bicyclic) bond motifs is 1. The summed E-state index contributed by atoms with van der Waals surface area (Å²) in [6.45, 7) is 2.31. The Labute approximate surface area is 240 Å². The summed E-state index contributed by atoms with van der Waals surface area (Å²) in [6, 6.07) is 25.1. The van der Waals surface area contributed by atoms with Gasteiger partial charge in [-0.15, -0.1) is 0 Å². The highest BCUT2D eigenvalue weighted by molar-refractivity contribution is 5.95. The third-order valence-corrected chi connectivity index (χ3v) is 6.55. The molecule has 1 aromatic heterocycles. The Morgan fingerprint density at radius 1 is 0.976 bits per heavy atom. The van der Waals surface area contributed by atoms with Gasteiger partial charge in [-0.3, -0.25) is 9.59 Å². The van der Waals surface area contributed by atoms with Crippen molar-refractivity contribution in [2.24, 2.45) is 0 Å². The third-order valence-electron chi connectivity index (χ3n) is 6.55. The Hall–Kier alpha value is -5.64. The van der Waals surface area contributed by atoms with Crippen LogP contribution in [0.5, 0.6) is 23.0 Å². The maximum absolute atomic E-state index is 13.8. The van der Waals surface area contributed by atoms with Crippen molar-refractivity contribution in [2.75, 3.05) is 12.1 Å². The lowest BCUT2D eigenvalue weighted by Crippen LogP contribution is -2.24. The number of ether oxygens (including phenoxy) is 3. The lowest BCUT2D eigenvalue weighted by molar-refractivity contribution is 0.0951. The molecule has 10 heteroatoms. The number of nitrogens with zero attached hydrogens (tertiary/aromatic N) is 2. The highest BCUT2D eigenvalue weighted by atomic mass is 19.1. The summed E-state index contributed by atoms with van der Waals surface area (Å²) < 4.78 is 31.4. The van der Waals surface area contributed by atoms with E-state index in [0.29, 0.717) is 34.2 Å². The predicted octanol–water partition coefficient (Wildman–Crippen LogP) is 5.87. The van der Waals surface area contributed by atoms with E-state index >= 15 is 0 Å². The number of rotatable bonds is 8. The first-order valence-electron chi connectivity index (χ1n) is 13.1. The zero-order valence-corrected chi connectivity index (χ0v) is 22.5. The first-order valence-corrected chi connectivity index (χ1v) is 13.1. The van der Waals surface area contributed by atoms with Crippen molar-refractivity contribution in [1.82, 2.24) is 15.1 Å². The van der Waals surface area contributed by atoms with Crippen LogP contribution in [0.4, 0.5) is 15.8 Å². The second-order valence-corrected chi connectivity index (χ2v) is 9.57. The van der Waals surface area contributed by atoms with Gasteiger partial charge in [0.1, 0.15) is 11.6 Å². The number of hydrogen-bond donors (Lipinski definition) is 2. The molecule has 6 rings (SSSR count). The van der Waals surface area contributed by atoms with Gasteiger partial charge in [-0.1, -0.05) is 35.9 Å². The first kappa shape index (κ1) is 26.6. The number of aromatic nitrogens is 2. The monoisotopic (exact) mass is 564 g/mol. The number of nitrogens with one attached hydrogen (secondary N) is 2. The molecule has 0 unspecified atom stereocenters.